The fourth-order valence-corrected chi connectivity index (χ4v) is 6.43. The van der Waals surface area contributed by atoms with Crippen LogP contribution in [0, 0.1) is 20.8 Å². The first kappa shape index (κ1) is 31.4. The number of ether oxygens (including phenoxy) is 2. The fraction of sp³-hybridized carbons (Fsp3) is 0.400. The molecule has 0 unspecified atom stereocenters. The molecule has 8 heteroatoms. The van der Waals surface area contributed by atoms with Crippen LogP contribution in [-0.4, -0.2) is 56.2 Å². The van der Waals surface area contributed by atoms with Crippen LogP contribution in [-0.2, 0) is 11.3 Å². The lowest BCUT2D eigenvalue weighted by atomic mass is 9.88. The molecule has 5 rings (SSSR count). The molecular weight excluding hydrogens is 581 g/mol. The number of halogens is 2. The average Bonchev–Trinajstić information content (AvgIpc) is 3.83. The molecule has 2 aliphatic rings. The number of amides is 1. The average molecular weight is 623 g/mol. The molecular formula is C35H41Cl2N3O3. The summed E-state index contributed by atoms with van der Waals surface area (Å²) in [5.74, 6) is 1.34. The summed E-state index contributed by atoms with van der Waals surface area (Å²) in [6, 6.07) is 18.3. The van der Waals surface area contributed by atoms with Gasteiger partial charge in [0, 0.05) is 24.7 Å². The van der Waals surface area contributed by atoms with Gasteiger partial charge in [-0.3, -0.25) is 4.79 Å². The van der Waals surface area contributed by atoms with Crippen molar-refractivity contribution in [2.24, 2.45) is 0 Å². The molecule has 0 aromatic heterocycles. The van der Waals surface area contributed by atoms with Crippen LogP contribution in [0.15, 0.2) is 60.2 Å². The SMILES string of the molecule is CNC[C@H]1NCCC(c2ccc(OCCOc3c(Cl)cc(C)cc3Cl)cc2)=C1C(=O)N(Cc1cccc(C)c1C)C1CC1. The number of nitrogens with zero attached hydrogens (tertiary/aromatic N) is 1. The Morgan fingerprint density at radius 3 is 2.37 bits per heavy atom. The molecule has 1 aliphatic carbocycles. The molecule has 3 aromatic carbocycles. The van der Waals surface area contributed by atoms with E-state index < -0.39 is 0 Å². The van der Waals surface area contributed by atoms with Gasteiger partial charge in [-0.1, -0.05) is 53.5 Å². The maximum atomic E-state index is 14.4. The Hall–Kier alpha value is -3.03. The minimum absolute atomic E-state index is 0.0606. The van der Waals surface area contributed by atoms with E-state index >= 15 is 0 Å². The van der Waals surface area contributed by atoms with E-state index in [1.54, 1.807) is 0 Å². The highest BCUT2D eigenvalue weighted by atomic mass is 35.5. The number of nitrogens with one attached hydrogen (secondary N) is 2. The number of hydrogen-bond donors (Lipinski definition) is 2. The van der Waals surface area contributed by atoms with Crippen molar-refractivity contribution in [2.45, 2.75) is 58.7 Å². The van der Waals surface area contributed by atoms with Gasteiger partial charge in [-0.25, -0.2) is 0 Å². The van der Waals surface area contributed by atoms with Gasteiger partial charge in [0.05, 0.1) is 16.1 Å². The van der Waals surface area contributed by atoms with Crippen LogP contribution < -0.4 is 20.1 Å². The van der Waals surface area contributed by atoms with E-state index in [-0.39, 0.29) is 11.9 Å². The Morgan fingerprint density at radius 1 is 1.00 bits per heavy atom. The molecule has 1 fully saturated rings. The molecule has 3 aromatic rings. The molecule has 0 bridgehead atoms. The highest BCUT2D eigenvalue weighted by Gasteiger charge is 2.38. The Balaban J connectivity index is 1.33. The summed E-state index contributed by atoms with van der Waals surface area (Å²) in [6.45, 7) is 9.00. The second kappa shape index (κ2) is 14.2. The maximum Gasteiger partial charge on any atom is 0.252 e. The van der Waals surface area contributed by atoms with Gasteiger partial charge in [-0.15, -0.1) is 0 Å². The van der Waals surface area contributed by atoms with Gasteiger partial charge in [-0.05, 0) is 111 Å². The van der Waals surface area contributed by atoms with Gasteiger partial charge in [0.25, 0.3) is 5.91 Å². The van der Waals surface area contributed by atoms with Crippen molar-refractivity contribution in [1.82, 2.24) is 15.5 Å². The minimum atomic E-state index is -0.0606. The minimum Gasteiger partial charge on any atom is -0.490 e. The summed E-state index contributed by atoms with van der Waals surface area (Å²) in [4.78, 5) is 16.5. The van der Waals surface area contributed by atoms with Gasteiger partial charge in [0.1, 0.15) is 19.0 Å². The Labute approximate surface area is 265 Å². The second-order valence-corrected chi connectivity index (χ2v) is 12.3. The standard InChI is InChI=1S/C35H41Cl2N3O3/c1-22-18-30(36)34(31(37)19-22)43-17-16-42-28-12-8-25(9-13-28)29-14-15-39-32(20-38-4)33(29)35(41)40(27-10-11-27)21-26-7-5-6-23(2)24(26)3/h5-9,12-13,18-19,27,32,38-39H,10-11,14-17,20-21H2,1-4H3/t32-/m1/s1. The monoisotopic (exact) mass is 621 g/mol. The fourth-order valence-electron chi connectivity index (χ4n) is 5.73. The van der Waals surface area contributed by atoms with Crippen LogP contribution in [0.4, 0.5) is 0 Å². The van der Waals surface area contributed by atoms with Gasteiger partial charge in [0.2, 0.25) is 0 Å². The number of carbonyl (C=O) groups is 1. The number of likely N-dealkylation sites (N-methyl/N-ethyl adjacent to an activating group) is 1. The van der Waals surface area contributed by atoms with Crippen LogP contribution in [0.5, 0.6) is 11.5 Å². The number of carbonyl (C=O) groups excluding carboxylic acids is 1. The molecule has 1 atom stereocenters. The largest absolute Gasteiger partial charge is 0.490 e. The molecule has 1 aliphatic heterocycles. The summed E-state index contributed by atoms with van der Waals surface area (Å²) in [7, 11) is 1.93. The van der Waals surface area contributed by atoms with Gasteiger partial charge in [-0.2, -0.15) is 0 Å². The molecule has 228 valence electrons. The molecule has 2 N–H and O–H groups in total. The van der Waals surface area contributed by atoms with E-state index in [0.717, 1.165) is 53.8 Å². The smallest absolute Gasteiger partial charge is 0.252 e. The van der Waals surface area contributed by atoms with Crippen molar-refractivity contribution in [3.05, 3.63) is 98.0 Å². The summed E-state index contributed by atoms with van der Waals surface area (Å²) in [5.41, 5.74) is 7.73. The molecule has 0 saturated heterocycles. The quantitative estimate of drug-likeness (QED) is 0.215. The number of rotatable bonds is 12. The van der Waals surface area contributed by atoms with Crippen molar-refractivity contribution >= 4 is 34.7 Å². The second-order valence-electron chi connectivity index (χ2n) is 11.5. The van der Waals surface area contributed by atoms with Crippen LogP contribution in [0.1, 0.15) is 47.1 Å². The first-order chi connectivity index (χ1) is 20.8. The Kier molecular flexibility index (Phi) is 10.3. The van der Waals surface area contributed by atoms with Crippen LogP contribution in [0.2, 0.25) is 10.0 Å². The lowest BCUT2D eigenvalue weighted by molar-refractivity contribution is -0.128. The van der Waals surface area contributed by atoms with E-state index in [9.17, 15) is 4.79 Å². The number of hydrogen-bond acceptors (Lipinski definition) is 5. The normalized spacial score (nSPS) is 16.7. The van der Waals surface area contributed by atoms with E-state index in [0.29, 0.717) is 48.1 Å². The third kappa shape index (κ3) is 7.55. The van der Waals surface area contributed by atoms with Crippen molar-refractivity contribution in [1.29, 1.82) is 0 Å². The lowest BCUT2D eigenvalue weighted by Gasteiger charge is -2.33. The van der Waals surface area contributed by atoms with Crippen molar-refractivity contribution < 1.29 is 14.3 Å². The molecule has 1 amide bonds. The van der Waals surface area contributed by atoms with Gasteiger partial charge in [0.15, 0.2) is 5.75 Å². The van der Waals surface area contributed by atoms with E-state index in [2.05, 4.69) is 59.7 Å². The molecule has 1 saturated carbocycles. The predicted molar refractivity (Wildman–Crippen MR) is 175 cm³/mol. The molecule has 0 spiro atoms. The van der Waals surface area contributed by atoms with Crippen LogP contribution in [0.25, 0.3) is 5.57 Å². The van der Waals surface area contributed by atoms with Crippen LogP contribution >= 0.6 is 23.2 Å². The van der Waals surface area contributed by atoms with Crippen molar-refractivity contribution in [2.75, 3.05) is 33.4 Å². The summed E-state index contributed by atoms with van der Waals surface area (Å²) < 4.78 is 11.7. The Morgan fingerprint density at radius 2 is 1.70 bits per heavy atom. The first-order valence-electron chi connectivity index (χ1n) is 15.1. The zero-order valence-corrected chi connectivity index (χ0v) is 26.9. The van der Waals surface area contributed by atoms with Gasteiger partial charge < -0.3 is 25.0 Å². The zero-order chi connectivity index (χ0) is 30.5. The zero-order valence-electron chi connectivity index (χ0n) is 25.4. The molecule has 0 radical (unpaired) electrons. The summed E-state index contributed by atoms with van der Waals surface area (Å²) in [6.07, 6.45) is 2.90. The van der Waals surface area contributed by atoms with Crippen LogP contribution in [0.3, 0.4) is 0 Å². The third-order valence-electron chi connectivity index (χ3n) is 8.33. The molecule has 1 heterocycles. The van der Waals surface area contributed by atoms with Crippen molar-refractivity contribution in [3.63, 3.8) is 0 Å². The lowest BCUT2D eigenvalue weighted by Crippen LogP contribution is -2.48. The summed E-state index contributed by atoms with van der Waals surface area (Å²) >= 11 is 12.6. The summed E-state index contributed by atoms with van der Waals surface area (Å²) in [5, 5.41) is 7.86. The molecule has 43 heavy (non-hydrogen) atoms. The Bertz CT molecular complexity index is 1460. The van der Waals surface area contributed by atoms with Crippen molar-refractivity contribution in [3.8, 4) is 11.5 Å². The van der Waals surface area contributed by atoms with E-state index in [4.69, 9.17) is 32.7 Å². The highest BCUT2D eigenvalue weighted by Crippen LogP contribution is 2.36. The number of benzene rings is 3. The maximum absolute atomic E-state index is 14.4. The third-order valence-corrected chi connectivity index (χ3v) is 8.89. The first-order valence-corrected chi connectivity index (χ1v) is 15.8. The molecule has 6 nitrogen and oxygen atoms in total. The van der Waals surface area contributed by atoms with E-state index in [1.165, 1.54) is 16.7 Å². The topological polar surface area (TPSA) is 62.8 Å². The number of aryl methyl sites for hydroxylation is 2. The van der Waals surface area contributed by atoms with Gasteiger partial charge >= 0.3 is 0 Å². The predicted octanol–water partition coefficient (Wildman–Crippen LogP) is 6.90. The van der Waals surface area contributed by atoms with E-state index in [1.807, 2.05) is 38.2 Å². The highest BCUT2D eigenvalue weighted by molar-refractivity contribution is 6.37.